The third kappa shape index (κ3) is 10.0. The first kappa shape index (κ1) is 25.0. The Labute approximate surface area is 165 Å². The molecule has 3 nitrogen and oxygen atoms in total. The van der Waals surface area contributed by atoms with Crippen molar-refractivity contribution < 1.29 is 14.3 Å². The van der Waals surface area contributed by atoms with E-state index in [2.05, 4.69) is 53.0 Å². The predicted octanol–water partition coefficient (Wildman–Crippen LogP) is 5.87. The summed E-state index contributed by atoms with van der Waals surface area (Å²) < 4.78 is 6.17. The van der Waals surface area contributed by atoms with Gasteiger partial charge in [0.1, 0.15) is 5.60 Å². The summed E-state index contributed by atoms with van der Waals surface area (Å²) in [6, 6.07) is 0. The SMILES string of the molecule is CCCCC(CC)COC(CC(=O)S)(CC(CC)CCCC)C(=O)S. The van der Waals surface area contributed by atoms with Crippen LogP contribution in [-0.2, 0) is 14.3 Å². The normalized spacial score (nSPS) is 16.2. The standard InChI is InChI=1S/C20H38O3S2/c1-5-9-11-16(7-3)13-20(19(22)25,14-18(21)24)23-15-17(8-4)12-10-6-2/h16-17H,5-15H2,1-4H3,(H,21,24)(H,22,25). The van der Waals surface area contributed by atoms with E-state index in [0.29, 0.717) is 24.9 Å². The van der Waals surface area contributed by atoms with Crippen LogP contribution < -0.4 is 0 Å². The second-order valence-electron chi connectivity index (χ2n) is 7.22. The summed E-state index contributed by atoms with van der Waals surface area (Å²) in [7, 11) is 0. The minimum atomic E-state index is -1.13. The van der Waals surface area contributed by atoms with E-state index in [1.165, 1.54) is 0 Å². The highest BCUT2D eigenvalue weighted by Crippen LogP contribution is 2.34. The van der Waals surface area contributed by atoms with Gasteiger partial charge in [-0.3, -0.25) is 9.59 Å². The molecule has 0 bridgehead atoms. The van der Waals surface area contributed by atoms with E-state index in [0.717, 1.165) is 51.4 Å². The summed E-state index contributed by atoms with van der Waals surface area (Å²) in [5, 5.41) is -0.649. The van der Waals surface area contributed by atoms with Crippen molar-refractivity contribution in [3.63, 3.8) is 0 Å². The Morgan fingerprint density at radius 1 is 0.920 bits per heavy atom. The van der Waals surface area contributed by atoms with Gasteiger partial charge in [0.2, 0.25) is 5.12 Å². The van der Waals surface area contributed by atoms with E-state index in [9.17, 15) is 9.59 Å². The number of thiol groups is 2. The van der Waals surface area contributed by atoms with Gasteiger partial charge in [-0.1, -0.05) is 72.6 Å². The Hall–Kier alpha value is -0.0000000000000000555. The van der Waals surface area contributed by atoms with Crippen LogP contribution >= 0.6 is 25.3 Å². The van der Waals surface area contributed by atoms with Crippen molar-refractivity contribution in [2.24, 2.45) is 11.8 Å². The summed E-state index contributed by atoms with van der Waals surface area (Å²) in [5.41, 5.74) is -1.13. The van der Waals surface area contributed by atoms with E-state index in [4.69, 9.17) is 4.74 Å². The summed E-state index contributed by atoms with van der Waals surface area (Å²) in [6.07, 6.45) is 9.24. The van der Waals surface area contributed by atoms with Gasteiger partial charge in [-0.2, -0.15) is 0 Å². The third-order valence-electron chi connectivity index (χ3n) is 5.13. The highest BCUT2D eigenvalue weighted by atomic mass is 32.1. The lowest BCUT2D eigenvalue weighted by Crippen LogP contribution is -2.43. The van der Waals surface area contributed by atoms with E-state index in [1.807, 2.05) is 0 Å². The maximum Gasteiger partial charge on any atom is 0.218 e. The molecular formula is C20H38O3S2. The zero-order chi connectivity index (χ0) is 19.3. The molecule has 5 heteroatoms. The number of carbonyl (C=O) groups is 2. The third-order valence-corrected chi connectivity index (χ3v) is 5.69. The molecule has 0 fully saturated rings. The lowest BCUT2D eigenvalue weighted by Gasteiger charge is -2.34. The minimum absolute atomic E-state index is 0.00524. The molecular weight excluding hydrogens is 352 g/mol. The molecule has 0 aromatic rings. The topological polar surface area (TPSA) is 43.4 Å². The molecule has 0 saturated heterocycles. The molecule has 0 heterocycles. The van der Waals surface area contributed by atoms with Crippen molar-refractivity contribution in [2.45, 2.75) is 97.5 Å². The first-order valence-electron chi connectivity index (χ1n) is 9.94. The smallest absolute Gasteiger partial charge is 0.218 e. The average Bonchev–Trinajstić information content (AvgIpc) is 2.57. The first-order valence-corrected chi connectivity index (χ1v) is 10.8. The lowest BCUT2D eigenvalue weighted by atomic mass is 9.84. The van der Waals surface area contributed by atoms with E-state index >= 15 is 0 Å². The number of ether oxygens (including phenoxy) is 1. The van der Waals surface area contributed by atoms with Crippen molar-refractivity contribution >= 4 is 35.5 Å². The fraction of sp³-hybridized carbons (Fsp3) is 0.900. The lowest BCUT2D eigenvalue weighted by molar-refractivity contribution is -0.145. The number of hydrogen-bond donors (Lipinski definition) is 2. The van der Waals surface area contributed by atoms with E-state index in [-0.39, 0.29) is 16.7 Å². The number of unbranched alkanes of at least 4 members (excludes halogenated alkanes) is 2. The van der Waals surface area contributed by atoms with Gasteiger partial charge in [-0.15, -0.1) is 25.3 Å². The Balaban J connectivity index is 5.20. The zero-order valence-electron chi connectivity index (χ0n) is 16.6. The molecule has 0 aromatic carbocycles. The monoisotopic (exact) mass is 390 g/mol. The fourth-order valence-corrected chi connectivity index (χ4v) is 3.73. The van der Waals surface area contributed by atoms with Gasteiger partial charge < -0.3 is 4.74 Å². The van der Waals surface area contributed by atoms with E-state index < -0.39 is 5.60 Å². The first-order chi connectivity index (χ1) is 11.8. The van der Waals surface area contributed by atoms with Gasteiger partial charge in [0, 0.05) is 0 Å². The van der Waals surface area contributed by atoms with Gasteiger partial charge >= 0.3 is 0 Å². The summed E-state index contributed by atoms with van der Waals surface area (Å²) in [4.78, 5) is 24.1. The van der Waals surface area contributed by atoms with Crippen LogP contribution in [0.15, 0.2) is 0 Å². The molecule has 0 radical (unpaired) electrons. The highest BCUT2D eigenvalue weighted by Gasteiger charge is 2.41. The molecule has 3 atom stereocenters. The Bertz CT molecular complexity index is 387. The number of carbonyl (C=O) groups excluding carboxylic acids is 2. The Morgan fingerprint density at radius 2 is 1.44 bits per heavy atom. The molecule has 0 aliphatic rings. The minimum Gasteiger partial charge on any atom is -0.365 e. The molecule has 0 aliphatic carbocycles. The maximum absolute atomic E-state index is 12.4. The average molecular weight is 391 g/mol. The van der Waals surface area contributed by atoms with Crippen molar-refractivity contribution in [3.05, 3.63) is 0 Å². The van der Waals surface area contributed by atoms with Gasteiger partial charge in [0.25, 0.3) is 0 Å². The second kappa shape index (κ2) is 14.1. The van der Waals surface area contributed by atoms with Crippen molar-refractivity contribution in [1.82, 2.24) is 0 Å². The Kier molecular flexibility index (Phi) is 14.1. The van der Waals surface area contributed by atoms with Gasteiger partial charge in [-0.05, 0) is 24.7 Å². The summed E-state index contributed by atoms with van der Waals surface area (Å²) in [6.45, 7) is 9.12. The molecule has 25 heavy (non-hydrogen) atoms. The highest BCUT2D eigenvalue weighted by molar-refractivity contribution is 7.97. The van der Waals surface area contributed by atoms with Crippen molar-refractivity contribution in [3.8, 4) is 0 Å². The van der Waals surface area contributed by atoms with Crippen LogP contribution in [0.2, 0.25) is 0 Å². The molecule has 0 saturated carbocycles. The van der Waals surface area contributed by atoms with Crippen molar-refractivity contribution in [1.29, 1.82) is 0 Å². The molecule has 0 amide bonds. The second-order valence-corrected chi connectivity index (χ2v) is 8.12. The molecule has 0 rings (SSSR count). The van der Waals surface area contributed by atoms with Crippen LogP contribution in [0.3, 0.4) is 0 Å². The quantitative estimate of drug-likeness (QED) is 0.324. The largest absolute Gasteiger partial charge is 0.365 e. The Morgan fingerprint density at radius 3 is 1.84 bits per heavy atom. The van der Waals surface area contributed by atoms with Gasteiger partial charge in [0.15, 0.2) is 5.12 Å². The zero-order valence-corrected chi connectivity index (χ0v) is 18.3. The van der Waals surface area contributed by atoms with Crippen LogP contribution in [0, 0.1) is 11.8 Å². The molecule has 0 N–H and O–H groups in total. The van der Waals surface area contributed by atoms with Crippen LogP contribution in [0.4, 0.5) is 0 Å². The molecule has 3 unspecified atom stereocenters. The fourth-order valence-electron chi connectivity index (χ4n) is 3.24. The molecule has 0 aliphatic heterocycles. The van der Waals surface area contributed by atoms with Gasteiger partial charge in [-0.25, -0.2) is 0 Å². The van der Waals surface area contributed by atoms with Crippen LogP contribution in [0.5, 0.6) is 0 Å². The van der Waals surface area contributed by atoms with Crippen LogP contribution in [-0.4, -0.2) is 22.4 Å². The predicted molar refractivity (Wildman–Crippen MR) is 113 cm³/mol. The summed E-state index contributed by atoms with van der Waals surface area (Å²) >= 11 is 8.04. The molecule has 0 aromatic heterocycles. The van der Waals surface area contributed by atoms with Gasteiger partial charge in [0.05, 0.1) is 13.0 Å². The maximum atomic E-state index is 12.4. The van der Waals surface area contributed by atoms with Crippen LogP contribution in [0.1, 0.15) is 91.9 Å². The van der Waals surface area contributed by atoms with E-state index in [1.54, 1.807) is 0 Å². The molecule has 148 valence electrons. The summed E-state index contributed by atoms with van der Waals surface area (Å²) in [5.74, 6) is 0.775. The number of rotatable bonds is 16. The number of hydrogen-bond acceptors (Lipinski definition) is 3. The van der Waals surface area contributed by atoms with Crippen molar-refractivity contribution in [2.75, 3.05) is 6.61 Å². The molecule has 0 spiro atoms. The van der Waals surface area contributed by atoms with Crippen LogP contribution in [0.25, 0.3) is 0 Å².